The number of hydrazine groups is 1. The summed E-state index contributed by atoms with van der Waals surface area (Å²) in [6.07, 6.45) is -2.19. The van der Waals surface area contributed by atoms with Gasteiger partial charge >= 0.3 is 18.2 Å². The fourth-order valence-electron chi connectivity index (χ4n) is 3.59. The van der Waals surface area contributed by atoms with Crippen LogP contribution < -0.4 is 0 Å². The number of non-ortho nitro benzene ring substituents is 2. The Hall–Kier alpha value is -4.73. The standard InChI is InChI=1S/C23H22N4O11S/c1-14(28)39-19-11-24(22(30)37-12-15-3-7-17(8-4-15)26(32)33)25(20(19)21(29)36-2)23(31)38-13-16-5-9-18(10-6-16)27(34)35/h3-10,19-20H,11-13H2,1-2H3. The number of methoxy groups -OCH3 is 1. The largest absolute Gasteiger partial charge is 0.467 e. The van der Waals surface area contributed by atoms with Crippen molar-refractivity contribution in [1.82, 2.24) is 10.0 Å². The summed E-state index contributed by atoms with van der Waals surface area (Å²) in [7, 11) is 1.08. The normalized spacial score (nSPS) is 16.4. The third-order valence-electron chi connectivity index (χ3n) is 5.41. The van der Waals surface area contributed by atoms with E-state index in [-0.39, 0.29) is 36.2 Å². The van der Waals surface area contributed by atoms with Gasteiger partial charge in [0.15, 0.2) is 11.2 Å². The Bertz CT molecular complexity index is 1270. The van der Waals surface area contributed by atoms with Crippen LogP contribution in [0.5, 0.6) is 0 Å². The topological polar surface area (TPSA) is 189 Å². The van der Waals surface area contributed by atoms with Crippen molar-refractivity contribution in [3.05, 3.63) is 79.9 Å². The molecule has 0 radical (unpaired) electrons. The predicted molar refractivity (Wildman–Crippen MR) is 133 cm³/mol. The number of nitro groups is 2. The minimum Gasteiger partial charge on any atom is -0.467 e. The van der Waals surface area contributed by atoms with E-state index in [1.54, 1.807) is 0 Å². The summed E-state index contributed by atoms with van der Waals surface area (Å²) in [5.41, 5.74) is 0.488. The molecule has 3 rings (SSSR count). The maximum Gasteiger partial charge on any atom is 0.430 e. The van der Waals surface area contributed by atoms with Crippen LogP contribution in [0.3, 0.4) is 0 Å². The Morgan fingerprint density at radius 3 is 1.74 bits per heavy atom. The molecule has 1 heterocycles. The Morgan fingerprint density at radius 2 is 1.33 bits per heavy atom. The van der Waals surface area contributed by atoms with E-state index in [2.05, 4.69) is 0 Å². The summed E-state index contributed by atoms with van der Waals surface area (Å²) < 4.78 is 15.3. The monoisotopic (exact) mass is 562 g/mol. The van der Waals surface area contributed by atoms with Gasteiger partial charge in [0.1, 0.15) is 13.2 Å². The van der Waals surface area contributed by atoms with Crippen LogP contribution in [0.1, 0.15) is 18.1 Å². The van der Waals surface area contributed by atoms with Crippen LogP contribution in [0.25, 0.3) is 0 Å². The molecule has 1 saturated heterocycles. The summed E-state index contributed by atoms with van der Waals surface area (Å²) >= 11 is 0.727. The molecule has 0 aromatic heterocycles. The highest BCUT2D eigenvalue weighted by molar-refractivity contribution is 8.14. The third kappa shape index (κ3) is 7.19. The number of thioether (sulfide) groups is 1. The highest BCUT2D eigenvalue weighted by Crippen LogP contribution is 2.31. The van der Waals surface area contributed by atoms with Crippen LogP contribution in [-0.2, 0) is 37.0 Å². The first kappa shape index (κ1) is 28.8. The molecule has 0 bridgehead atoms. The summed E-state index contributed by atoms with van der Waals surface area (Å²) in [5.74, 6) is -0.910. The van der Waals surface area contributed by atoms with E-state index in [4.69, 9.17) is 14.2 Å². The average molecular weight is 563 g/mol. The van der Waals surface area contributed by atoms with Crippen molar-refractivity contribution in [2.45, 2.75) is 31.4 Å². The van der Waals surface area contributed by atoms with Crippen molar-refractivity contribution < 1.29 is 43.2 Å². The van der Waals surface area contributed by atoms with E-state index >= 15 is 0 Å². The van der Waals surface area contributed by atoms with Crippen LogP contribution >= 0.6 is 11.8 Å². The lowest BCUT2D eigenvalue weighted by atomic mass is 10.2. The zero-order valence-electron chi connectivity index (χ0n) is 20.6. The zero-order chi connectivity index (χ0) is 28.7. The van der Waals surface area contributed by atoms with Crippen LogP contribution in [0.15, 0.2) is 48.5 Å². The number of ether oxygens (including phenoxy) is 3. The lowest BCUT2D eigenvalue weighted by Gasteiger charge is -2.29. The molecule has 2 amide bonds. The molecule has 2 aromatic carbocycles. The molecule has 0 spiro atoms. The van der Waals surface area contributed by atoms with Gasteiger partial charge in [-0.2, -0.15) is 5.01 Å². The molecule has 15 nitrogen and oxygen atoms in total. The van der Waals surface area contributed by atoms with Crippen molar-refractivity contribution in [3.8, 4) is 0 Å². The molecular formula is C23H22N4O11S. The van der Waals surface area contributed by atoms with Crippen LogP contribution in [-0.4, -0.2) is 68.1 Å². The Balaban J connectivity index is 1.80. The number of esters is 1. The summed E-state index contributed by atoms with van der Waals surface area (Å²) in [4.78, 5) is 71.1. The van der Waals surface area contributed by atoms with Gasteiger partial charge in [-0.1, -0.05) is 11.8 Å². The van der Waals surface area contributed by atoms with Gasteiger partial charge in [0.05, 0.1) is 28.8 Å². The first-order valence-electron chi connectivity index (χ1n) is 11.1. The third-order valence-corrected chi connectivity index (χ3v) is 6.45. The van der Waals surface area contributed by atoms with E-state index in [1.807, 2.05) is 0 Å². The first-order chi connectivity index (χ1) is 18.5. The van der Waals surface area contributed by atoms with E-state index in [1.165, 1.54) is 55.5 Å². The lowest BCUT2D eigenvalue weighted by Crippen LogP contribution is -2.52. The molecular weight excluding hydrogens is 540 g/mol. The summed E-state index contributed by atoms with van der Waals surface area (Å²) in [6.45, 7) is 0.311. The number of hydrogen-bond acceptors (Lipinski definition) is 12. The molecule has 2 aromatic rings. The average Bonchev–Trinajstić information content (AvgIpc) is 3.28. The van der Waals surface area contributed by atoms with E-state index in [9.17, 15) is 39.4 Å². The quantitative estimate of drug-likeness (QED) is 0.198. The SMILES string of the molecule is COC(=O)C1C(SC(C)=O)CN(C(=O)OCc2ccc([N+](=O)[O-])cc2)N1C(=O)OCc1ccc([N+](=O)[O-])cc1. The summed E-state index contributed by atoms with van der Waals surface area (Å²) in [5, 5.41) is 21.9. The van der Waals surface area contributed by atoms with Gasteiger partial charge in [0.2, 0.25) is 0 Å². The highest BCUT2D eigenvalue weighted by atomic mass is 32.2. The van der Waals surface area contributed by atoms with E-state index < -0.39 is 39.3 Å². The lowest BCUT2D eigenvalue weighted by molar-refractivity contribution is -0.385. The first-order valence-corrected chi connectivity index (χ1v) is 12.0. The second-order valence-corrected chi connectivity index (χ2v) is 9.41. The highest BCUT2D eigenvalue weighted by Gasteiger charge is 2.52. The van der Waals surface area contributed by atoms with Crippen LogP contribution in [0.4, 0.5) is 21.0 Å². The fraction of sp³-hybridized carbons (Fsp3) is 0.304. The summed E-state index contributed by atoms with van der Waals surface area (Å²) in [6, 6.07) is 9.00. The van der Waals surface area contributed by atoms with Crippen molar-refractivity contribution in [3.63, 3.8) is 0 Å². The van der Waals surface area contributed by atoms with Crippen LogP contribution in [0.2, 0.25) is 0 Å². The minimum atomic E-state index is -1.42. The smallest absolute Gasteiger partial charge is 0.430 e. The Labute approximate surface area is 224 Å². The Morgan fingerprint density at radius 1 is 0.872 bits per heavy atom. The van der Waals surface area contributed by atoms with Gasteiger partial charge in [-0.25, -0.2) is 19.4 Å². The second-order valence-electron chi connectivity index (χ2n) is 8.00. The predicted octanol–water partition coefficient (Wildman–Crippen LogP) is 3.20. The maximum atomic E-state index is 13.1. The van der Waals surface area contributed by atoms with Gasteiger partial charge in [-0.15, -0.1) is 0 Å². The number of nitro benzene ring substituents is 2. The van der Waals surface area contributed by atoms with E-state index in [0.29, 0.717) is 16.1 Å². The van der Waals surface area contributed by atoms with E-state index in [0.717, 1.165) is 23.9 Å². The number of benzene rings is 2. The van der Waals surface area contributed by atoms with Crippen molar-refractivity contribution >= 4 is 46.4 Å². The number of rotatable bonds is 8. The van der Waals surface area contributed by atoms with Gasteiger partial charge in [0.25, 0.3) is 11.4 Å². The molecule has 1 fully saturated rings. The number of nitrogens with zero attached hydrogens (tertiary/aromatic N) is 4. The minimum absolute atomic E-state index is 0.156. The zero-order valence-corrected chi connectivity index (χ0v) is 21.4. The van der Waals surface area contributed by atoms with Crippen LogP contribution in [0, 0.1) is 20.2 Å². The number of hydrogen-bond donors (Lipinski definition) is 0. The molecule has 16 heteroatoms. The van der Waals surface area contributed by atoms with Crippen molar-refractivity contribution in [2.24, 2.45) is 0 Å². The molecule has 0 aliphatic carbocycles. The fourth-order valence-corrected chi connectivity index (χ4v) is 4.58. The van der Waals surface area contributed by atoms with Crippen molar-refractivity contribution in [2.75, 3.05) is 13.7 Å². The van der Waals surface area contributed by atoms with Gasteiger partial charge < -0.3 is 14.2 Å². The molecule has 1 aliphatic heterocycles. The number of carbonyl (C=O) groups is 4. The molecule has 1 aliphatic rings. The molecule has 2 atom stereocenters. The van der Waals surface area contributed by atoms with Crippen molar-refractivity contribution in [1.29, 1.82) is 0 Å². The number of amides is 2. The van der Waals surface area contributed by atoms with Gasteiger partial charge in [-0.05, 0) is 35.4 Å². The van der Waals surface area contributed by atoms with Gasteiger partial charge in [-0.3, -0.25) is 25.0 Å². The molecule has 0 saturated carbocycles. The molecule has 0 N–H and O–H groups in total. The Kier molecular flexibility index (Phi) is 9.38. The molecule has 206 valence electrons. The maximum absolute atomic E-state index is 13.1. The molecule has 2 unspecified atom stereocenters. The van der Waals surface area contributed by atoms with Gasteiger partial charge in [0, 0.05) is 31.2 Å². The second kappa shape index (κ2) is 12.7. The number of carbonyl (C=O) groups excluding carboxylic acids is 4. The molecule has 39 heavy (non-hydrogen) atoms.